The van der Waals surface area contributed by atoms with Crippen molar-refractivity contribution >= 4 is 0 Å². The van der Waals surface area contributed by atoms with Gasteiger partial charge in [0.05, 0.1) is 12.8 Å². The molecule has 1 aromatic rings. The lowest BCUT2D eigenvalue weighted by molar-refractivity contribution is 0.317. The van der Waals surface area contributed by atoms with Gasteiger partial charge in [0.25, 0.3) is 0 Å². The zero-order valence-corrected chi connectivity index (χ0v) is 12.2. The Morgan fingerprint density at radius 3 is 2.78 bits per heavy atom. The van der Waals surface area contributed by atoms with Gasteiger partial charge in [-0.1, -0.05) is 13.8 Å². The first-order valence-electron chi connectivity index (χ1n) is 6.49. The van der Waals surface area contributed by atoms with Crippen LogP contribution in [-0.4, -0.2) is 48.5 Å². The minimum absolute atomic E-state index is 0.704. The molecular formula is C13H26N4O. The molecule has 1 N–H and O–H groups in total. The normalized spacial score (nSPS) is 11.5. The van der Waals surface area contributed by atoms with Crippen LogP contribution in [0.15, 0.2) is 6.07 Å². The molecule has 0 aliphatic carbocycles. The zero-order valence-electron chi connectivity index (χ0n) is 12.2. The van der Waals surface area contributed by atoms with E-state index in [1.807, 2.05) is 13.1 Å². The van der Waals surface area contributed by atoms with Crippen LogP contribution in [0.1, 0.15) is 19.5 Å². The SMILES string of the molecule is COc1cc(CN(C)CCNCC(C)C)nn1C. The van der Waals surface area contributed by atoms with Gasteiger partial charge in [-0.25, -0.2) is 4.68 Å². The van der Waals surface area contributed by atoms with Gasteiger partial charge in [-0.3, -0.25) is 4.90 Å². The minimum Gasteiger partial charge on any atom is -0.481 e. The minimum atomic E-state index is 0.704. The molecule has 0 saturated carbocycles. The molecule has 1 aromatic heterocycles. The Morgan fingerprint density at radius 2 is 2.22 bits per heavy atom. The van der Waals surface area contributed by atoms with E-state index in [0.717, 1.165) is 37.8 Å². The average Bonchev–Trinajstić information content (AvgIpc) is 2.64. The molecule has 1 heterocycles. The standard InChI is InChI=1S/C13H26N4O/c1-11(2)9-14-6-7-16(3)10-12-8-13(18-5)17(4)15-12/h8,11,14H,6-7,9-10H2,1-5H3. The zero-order chi connectivity index (χ0) is 13.5. The molecular weight excluding hydrogens is 228 g/mol. The molecule has 0 aliphatic heterocycles. The first kappa shape index (κ1) is 15.0. The van der Waals surface area contributed by atoms with Crippen LogP contribution >= 0.6 is 0 Å². The van der Waals surface area contributed by atoms with Crippen LogP contribution in [0.5, 0.6) is 5.88 Å². The van der Waals surface area contributed by atoms with E-state index in [1.165, 1.54) is 0 Å². The second-order valence-electron chi connectivity index (χ2n) is 5.14. The number of hydrogen-bond donors (Lipinski definition) is 1. The first-order chi connectivity index (χ1) is 8.52. The van der Waals surface area contributed by atoms with Gasteiger partial charge >= 0.3 is 0 Å². The van der Waals surface area contributed by atoms with E-state index in [4.69, 9.17) is 4.74 Å². The molecule has 1 rings (SSSR count). The summed E-state index contributed by atoms with van der Waals surface area (Å²) >= 11 is 0. The van der Waals surface area contributed by atoms with Gasteiger partial charge in [0.2, 0.25) is 5.88 Å². The molecule has 0 atom stereocenters. The topological polar surface area (TPSA) is 42.3 Å². The summed E-state index contributed by atoms with van der Waals surface area (Å²) in [6.07, 6.45) is 0. The molecule has 104 valence electrons. The molecule has 0 saturated heterocycles. The quantitative estimate of drug-likeness (QED) is 0.706. The Hall–Kier alpha value is -1.07. The van der Waals surface area contributed by atoms with E-state index >= 15 is 0 Å². The van der Waals surface area contributed by atoms with Crippen LogP contribution in [0.4, 0.5) is 0 Å². The highest BCUT2D eigenvalue weighted by molar-refractivity contribution is 5.15. The fourth-order valence-corrected chi connectivity index (χ4v) is 1.79. The van der Waals surface area contributed by atoms with E-state index < -0.39 is 0 Å². The number of aromatic nitrogens is 2. The summed E-state index contributed by atoms with van der Waals surface area (Å²) in [5.41, 5.74) is 1.04. The van der Waals surface area contributed by atoms with Crippen LogP contribution in [0.2, 0.25) is 0 Å². The molecule has 0 fully saturated rings. The number of ether oxygens (including phenoxy) is 1. The monoisotopic (exact) mass is 254 g/mol. The lowest BCUT2D eigenvalue weighted by Crippen LogP contribution is -2.31. The highest BCUT2D eigenvalue weighted by Crippen LogP contribution is 2.12. The van der Waals surface area contributed by atoms with Crippen molar-refractivity contribution in [2.45, 2.75) is 20.4 Å². The maximum atomic E-state index is 5.20. The van der Waals surface area contributed by atoms with E-state index in [2.05, 4.69) is 36.2 Å². The predicted molar refractivity (Wildman–Crippen MR) is 73.8 cm³/mol. The fraction of sp³-hybridized carbons (Fsp3) is 0.769. The number of hydrogen-bond acceptors (Lipinski definition) is 4. The van der Waals surface area contributed by atoms with Gasteiger partial charge < -0.3 is 10.1 Å². The van der Waals surface area contributed by atoms with Crippen molar-refractivity contribution in [1.29, 1.82) is 0 Å². The molecule has 0 unspecified atom stereocenters. The van der Waals surface area contributed by atoms with Crippen LogP contribution in [0.25, 0.3) is 0 Å². The average molecular weight is 254 g/mol. The summed E-state index contributed by atoms with van der Waals surface area (Å²) in [6.45, 7) is 8.39. The maximum absolute atomic E-state index is 5.20. The Kier molecular flexibility index (Phi) is 6.15. The number of methoxy groups -OCH3 is 1. The van der Waals surface area contributed by atoms with E-state index in [1.54, 1.807) is 11.8 Å². The van der Waals surface area contributed by atoms with Gasteiger partial charge in [-0.2, -0.15) is 5.10 Å². The van der Waals surface area contributed by atoms with Crippen molar-refractivity contribution in [1.82, 2.24) is 20.0 Å². The van der Waals surface area contributed by atoms with Gasteiger partial charge in [0, 0.05) is 32.7 Å². The third-order valence-corrected chi connectivity index (χ3v) is 2.75. The second-order valence-corrected chi connectivity index (χ2v) is 5.14. The fourth-order valence-electron chi connectivity index (χ4n) is 1.79. The second kappa shape index (κ2) is 7.38. The van der Waals surface area contributed by atoms with Gasteiger partial charge in [-0.15, -0.1) is 0 Å². The summed E-state index contributed by atoms with van der Waals surface area (Å²) in [6, 6.07) is 1.98. The molecule has 0 bridgehead atoms. The highest BCUT2D eigenvalue weighted by Gasteiger charge is 2.07. The Bertz CT molecular complexity index is 349. The Morgan fingerprint density at radius 1 is 1.50 bits per heavy atom. The highest BCUT2D eigenvalue weighted by atomic mass is 16.5. The van der Waals surface area contributed by atoms with Crippen molar-refractivity contribution in [3.8, 4) is 5.88 Å². The van der Waals surface area contributed by atoms with Gasteiger partial charge in [0.15, 0.2) is 0 Å². The van der Waals surface area contributed by atoms with Crippen molar-refractivity contribution in [2.75, 3.05) is 33.8 Å². The third kappa shape index (κ3) is 5.06. The Balaban J connectivity index is 2.28. The molecule has 0 spiro atoms. The number of rotatable bonds is 8. The third-order valence-electron chi connectivity index (χ3n) is 2.75. The lowest BCUT2D eigenvalue weighted by atomic mass is 10.2. The molecule has 0 aliphatic rings. The van der Waals surface area contributed by atoms with Crippen LogP contribution in [-0.2, 0) is 13.6 Å². The van der Waals surface area contributed by atoms with Gasteiger partial charge in [-0.05, 0) is 19.5 Å². The molecule has 0 amide bonds. The van der Waals surface area contributed by atoms with Crippen molar-refractivity contribution in [2.24, 2.45) is 13.0 Å². The predicted octanol–water partition coefficient (Wildman–Crippen LogP) is 1.11. The summed E-state index contributed by atoms with van der Waals surface area (Å²) in [4.78, 5) is 2.26. The van der Waals surface area contributed by atoms with Gasteiger partial charge in [0.1, 0.15) is 0 Å². The van der Waals surface area contributed by atoms with E-state index in [9.17, 15) is 0 Å². The van der Waals surface area contributed by atoms with E-state index in [0.29, 0.717) is 5.92 Å². The van der Waals surface area contributed by atoms with Crippen molar-refractivity contribution < 1.29 is 4.74 Å². The maximum Gasteiger partial charge on any atom is 0.211 e. The molecule has 5 nitrogen and oxygen atoms in total. The summed E-state index contributed by atoms with van der Waals surface area (Å²) < 4.78 is 6.97. The smallest absolute Gasteiger partial charge is 0.211 e. The molecule has 0 aromatic carbocycles. The van der Waals surface area contributed by atoms with Crippen LogP contribution in [0.3, 0.4) is 0 Å². The number of nitrogens with one attached hydrogen (secondary N) is 1. The number of likely N-dealkylation sites (N-methyl/N-ethyl adjacent to an activating group) is 1. The molecule has 18 heavy (non-hydrogen) atoms. The molecule has 5 heteroatoms. The van der Waals surface area contributed by atoms with E-state index in [-0.39, 0.29) is 0 Å². The lowest BCUT2D eigenvalue weighted by Gasteiger charge is -2.16. The van der Waals surface area contributed by atoms with Crippen LogP contribution in [0, 0.1) is 5.92 Å². The number of nitrogens with zero attached hydrogens (tertiary/aromatic N) is 3. The van der Waals surface area contributed by atoms with Crippen LogP contribution < -0.4 is 10.1 Å². The number of aryl methyl sites for hydroxylation is 1. The summed E-state index contributed by atoms with van der Waals surface area (Å²) in [5.74, 6) is 1.51. The summed E-state index contributed by atoms with van der Waals surface area (Å²) in [5, 5.41) is 7.84. The Labute approximate surface area is 110 Å². The van der Waals surface area contributed by atoms with Crippen molar-refractivity contribution in [3.05, 3.63) is 11.8 Å². The largest absolute Gasteiger partial charge is 0.481 e. The van der Waals surface area contributed by atoms with Crippen molar-refractivity contribution in [3.63, 3.8) is 0 Å². The summed E-state index contributed by atoms with van der Waals surface area (Å²) in [7, 11) is 5.67. The first-order valence-corrected chi connectivity index (χ1v) is 6.49. The molecule has 0 radical (unpaired) electrons.